The molecule has 1 aromatic rings. The standard InChI is InChI=1S/C11H13ClN2O2/c1-8(15)14-5-3-9(7-14)16-11-2-4-13-6-10(11)12/h2,4,6,9H,3,5,7H2,1H3. The zero-order chi connectivity index (χ0) is 11.5. The third kappa shape index (κ3) is 2.44. The summed E-state index contributed by atoms with van der Waals surface area (Å²) >= 11 is 5.93. The third-order valence-corrected chi connectivity index (χ3v) is 2.90. The molecule has 16 heavy (non-hydrogen) atoms. The van der Waals surface area contributed by atoms with E-state index in [2.05, 4.69) is 4.98 Å². The fraction of sp³-hybridized carbons (Fsp3) is 0.455. The third-order valence-electron chi connectivity index (χ3n) is 2.62. The lowest BCUT2D eigenvalue weighted by molar-refractivity contribution is -0.128. The Morgan fingerprint density at radius 1 is 1.69 bits per heavy atom. The van der Waals surface area contributed by atoms with Gasteiger partial charge in [-0.15, -0.1) is 0 Å². The zero-order valence-electron chi connectivity index (χ0n) is 9.02. The van der Waals surface area contributed by atoms with Crippen LogP contribution in [-0.2, 0) is 4.79 Å². The van der Waals surface area contributed by atoms with Crippen molar-refractivity contribution in [1.82, 2.24) is 9.88 Å². The Kier molecular flexibility index (Phi) is 3.29. The lowest BCUT2D eigenvalue weighted by Gasteiger charge is -2.15. The summed E-state index contributed by atoms with van der Waals surface area (Å²) < 4.78 is 5.72. The van der Waals surface area contributed by atoms with Crippen molar-refractivity contribution in [2.45, 2.75) is 19.4 Å². The Bertz CT molecular complexity index is 397. The highest BCUT2D eigenvalue weighted by atomic mass is 35.5. The summed E-state index contributed by atoms with van der Waals surface area (Å²) in [5.74, 6) is 0.721. The molecule has 0 bridgehead atoms. The summed E-state index contributed by atoms with van der Waals surface area (Å²) in [7, 11) is 0. The van der Waals surface area contributed by atoms with Crippen LogP contribution in [0.4, 0.5) is 0 Å². The van der Waals surface area contributed by atoms with E-state index in [-0.39, 0.29) is 12.0 Å². The highest BCUT2D eigenvalue weighted by molar-refractivity contribution is 6.31. The second-order valence-corrected chi connectivity index (χ2v) is 4.21. The molecule has 1 saturated heterocycles. The van der Waals surface area contributed by atoms with E-state index in [9.17, 15) is 4.79 Å². The number of carbonyl (C=O) groups is 1. The average molecular weight is 241 g/mol. The van der Waals surface area contributed by atoms with Gasteiger partial charge in [0.2, 0.25) is 5.91 Å². The van der Waals surface area contributed by atoms with E-state index in [1.54, 1.807) is 30.3 Å². The van der Waals surface area contributed by atoms with Crippen molar-refractivity contribution in [2.75, 3.05) is 13.1 Å². The van der Waals surface area contributed by atoms with Gasteiger partial charge in [0.25, 0.3) is 0 Å². The molecule has 1 fully saturated rings. The van der Waals surface area contributed by atoms with Crippen LogP contribution in [0.3, 0.4) is 0 Å². The van der Waals surface area contributed by atoms with Crippen LogP contribution in [0.15, 0.2) is 18.5 Å². The molecule has 0 radical (unpaired) electrons. The molecular weight excluding hydrogens is 228 g/mol. The van der Waals surface area contributed by atoms with Crippen molar-refractivity contribution in [3.8, 4) is 5.75 Å². The predicted molar refractivity (Wildman–Crippen MR) is 60.5 cm³/mol. The van der Waals surface area contributed by atoms with Gasteiger partial charge in [0.05, 0.1) is 6.54 Å². The molecule has 1 amide bonds. The molecule has 86 valence electrons. The fourth-order valence-corrected chi connectivity index (χ4v) is 1.91. The predicted octanol–water partition coefficient (Wildman–Crippen LogP) is 1.73. The summed E-state index contributed by atoms with van der Waals surface area (Å²) in [5.41, 5.74) is 0. The number of pyridine rings is 1. The molecule has 0 saturated carbocycles. The zero-order valence-corrected chi connectivity index (χ0v) is 9.78. The van der Waals surface area contributed by atoms with Gasteiger partial charge in [0, 0.05) is 38.3 Å². The second-order valence-electron chi connectivity index (χ2n) is 3.80. The Balaban J connectivity index is 1.97. The molecule has 0 aliphatic carbocycles. The Morgan fingerprint density at radius 3 is 3.12 bits per heavy atom. The maximum absolute atomic E-state index is 11.1. The molecule has 2 rings (SSSR count). The number of halogens is 1. The van der Waals surface area contributed by atoms with Gasteiger partial charge in [0.1, 0.15) is 16.9 Å². The molecule has 2 heterocycles. The minimum Gasteiger partial charge on any atom is -0.487 e. The molecule has 4 nitrogen and oxygen atoms in total. The molecule has 1 aromatic heterocycles. The minimum absolute atomic E-state index is 0.0313. The van der Waals surface area contributed by atoms with Gasteiger partial charge in [0.15, 0.2) is 0 Å². The van der Waals surface area contributed by atoms with Crippen molar-refractivity contribution < 1.29 is 9.53 Å². The summed E-state index contributed by atoms with van der Waals surface area (Å²) in [4.78, 5) is 16.8. The number of carbonyl (C=O) groups excluding carboxylic acids is 1. The molecule has 0 N–H and O–H groups in total. The average Bonchev–Trinajstić information content (AvgIpc) is 2.70. The number of likely N-dealkylation sites (tertiary alicyclic amines) is 1. The van der Waals surface area contributed by atoms with Crippen LogP contribution in [0.25, 0.3) is 0 Å². The monoisotopic (exact) mass is 240 g/mol. The highest BCUT2D eigenvalue weighted by Gasteiger charge is 2.25. The number of hydrogen-bond acceptors (Lipinski definition) is 3. The molecule has 1 unspecified atom stereocenters. The van der Waals surface area contributed by atoms with E-state index in [0.717, 1.165) is 13.0 Å². The van der Waals surface area contributed by atoms with Gasteiger partial charge in [-0.3, -0.25) is 9.78 Å². The van der Waals surface area contributed by atoms with Crippen LogP contribution in [0, 0.1) is 0 Å². The summed E-state index contributed by atoms with van der Waals surface area (Å²) in [6.45, 7) is 2.96. The van der Waals surface area contributed by atoms with Crippen LogP contribution < -0.4 is 4.74 Å². The fourth-order valence-electron chi connectivity index (χ4n) is 1.75. The Labute approximate surface area is 99.2 Å². The molecule has 1 atom stereocenters. The van der Waals surface area contributed by atoms with Crippen molar-refractivity contribution in [1.29, 1.82) is 0 Å². The number of rotatable bonds is 2. The van der Waals surface area contributed by atoms with Crippen molar-refractivity contribution in [3.05, 3.63) is 23.5 Å². The largest absolute Gasteiger partial charge is 0.487 e. The molecule has 0 aromatic carbocycles. The van der Waals surface area contributed by atoms with Crippen molar-refractivity contribution in [2.24, 2.45) is 0 Å². The lowest BCUT2D eigenvalue weighted by Crippen LogP contribution is -2.28. The van der Waals surface area contributed by atoms with E-state index < -0.39 is 0 Å². The van der Waals surface area contributed by atoms with E-state index in [0.29, 0.717) is 17.3 Å². The number of aromatic nitrogens is 1. The minimum atomic E-state index is 0.0313. The van der Waals surface area contributed by atoms with Crippen LogP contribution in [0.5, 0.6) is 5.75 Å². The molecular formula is C11H13ClN2O2. The summed E-state index contributed by atoms with van der Waals surface area (Å²) in [6.07, 6.45) is 4.06. The first kappa shape index (κ1) is 11.2. The SMILES string of the molecule is CC(=O)N1CCC(Oc2ccncc2Cl)C1. The van der Waals surface area contributed by atoms with Crippen LogP contribution in [0.1, 0.15) is 13.3 Å². The van der Waals surface area contributed by atoms with Crippen LogP contribution in [-0.4, -0.2) is 35.0 Å². The quantitative estimate of drug-likeness (QED) is 0.791. The van der Waals surface area contributed by atoms with Crippen LogP contribution >= 0.6 is 11.6 Å². The summed E-state index contributed by atoms with van der Waals surface area (Å²) in [6, 6.07) is 1.73. The maximum atomic E-state index is 11.1. The topological polar surface area (TPSA) is 42.4 Å². The van der Waals surface area contributed by atoms with Gasteiger partial charge in [-0.05, 0) is 0 Å². The molecule has 1 aliphatic heterocycles. The summed E-state index contributed by atoms with van der Waals surface area (Å²) in [5, 5.41) is 0.503. The first-order valence-corrected chi connectivity index (χ1v) is 5.56. The van der Waals surface area contributed by atoms with Gasteiger partial charge in [-0.1, -0.05) is 11.6 Å². The number of ether oxygens (including phenoxy) is 1. The molecule has 0 spiro atoms. The highest BCUT2D eigenvalue weighted by Crippen LogP contribution is 2.25. The van der Waals surface area contributed by atoms with E-state index in [1.807, 2.05) is 0 Å². The van der Waals surface area contributed by atoms with Gasteiger partial charge >= 0.3 is 0 Å². The number of hydrogen-bond donors (Lipinski definition) is 0. The van der Waals surface area contributed by atoms with Gasteiger partial charge < -0.3 is 9.64 Å². The Hall–Kier alpha value is -1.29. The van der Waals surface area contributed by atoms with E-state index in [1.165, 1.54) is 0 Å². The normalized spacial score (nSPS) is 19.9. The maximum Gasteiger partial charge on any atom is 0.219 e. The first-order chi connectivity index (χ1) is 7.66. The van der Waals surface area contributed by atoms with Crippen molar-refractivity contribution >= 4 is 17.5 Å². The molecule has 5 heteroatoms. The Morgan fingerprint density at radius 2 is 2.50 bits per heavy atom. The number of amides is 1. The lowest BCUT2D eigenvalue weighted by atomic mass is 10.3. The van der Waals surface area contributed by atoms with Crippen LogP contribution in [0.2, 0.25) is 5.02 Å². The number of nitrogens with zero attached hydrogens (tertiary/aromatic N) is 2. The van der Waals surface area contributed by atoms with Gasteiger partial charge in [-0.2, -0.15) is 0 Å². The molecule has 1 aliphatic rings. The second kappa shape index (κ2) is 4.70. The first-order valence-electron chi connectivity index (χ1n) is 5.18. The van der Waals surface area contributed by atoms with E-state index in [4.69, 9.17) is 16.3 Å². The van der Waals surface area contributed by atoms with Gasteiger partial charge in [-0.25, -0.2) is 0 Å². The smallest absolute Gasteiger partial charge is 0.219 e. The van der Waals surface area contributed by atoms with E-state index >= 15 is 0 Å². The van der Waals surface area contributed by atoms with Crippen molar-refractivity contribution in [3.63, 3.8) is 0 Å².